The number of halogens is 2. The molecule has 0 amide bonds. The molecule has 3 aromatic heterocycles. The second kappa shape index (κ2) is 25.7. The van der Waals surface area contributed by atoms with Crippen molar-refractivity contribution in [2.24, 2.45) is 0 Å². The lowest BCUT2D eigenvalue weighted by Crippen LogP contribution is -1.97. The van der Waals surface area contributed by atoms with Crippen LogP contribution in [-0.4, -0.2) is 28.2 Å². The molecular weight excluding hydrogens is 1110 g/mol. The predicted octanol–water partition coefficient (Wildman–Crippen LogP) is 18.6. The number of hydrogen-bond donors (Lipinski definition) is 0. The Morgan fingerprint density at radius 2 is 0.667 bits per heavy atom. The van der Waals surface area contributed by atoms with Gasteiger partial charge in [0.2, 0.25) is 0 Å². The van der Waals surface area contributed by atoms with E-state index in [1.54, 1.807) is 0 Å². The van der Waals surface area contributed by atoms with Crippen LogP contribution >= 0.6 is 45.2 Å². The summed E-state index contributed by atoms with van der Waals surface area (Å²) in [4.78, 5) is 14.8. The highest BCUT2D eigenvalue weighted by Crippen LogP contribution is 2.34. The third-order valence-corrected chi connectivity index (χ3v) is 14.5. The van der Waals surface area contributed by atoms with Gasteiger partial charge in [-0.2, -0.15) is 0 Å². The minimum atomic E-state index is 0.604. The van der Waals surface area contributed by atoms with Gasteiger partial charge in [0.25, 0.3) is 0 Å². The fourth-order valence-electron chi connectivity index (χ4n) is 9.01. The van der Waals surface area contributed by atoms with E-state index in [1.807, 2.05) is 30.6 Å². The molecule has 72 heavy (non-hydrogen) atoms. The van der Waals surface area contributed by atoms with E-state index >= 15 is 0 Å². The Balaban J connectivity index is 0.862. The summed E-state index contributed by atoms with van der Waals surface area (Å²) in [6, 6.07) is 63.1. The van der Waals surface area contributed by atoms with Gasteiger partial charge >= 0.3 is 0 Å². The van der Waals surface area contributed by atoms with Gasteiger partial charge in [-0.05, 0) is 210 Å². The number of aromatic nitrogens is 3. The highest BCUT2D eigenvalue weighted by Gasteiger charge is 2.12. The van der Waals surface area contributed by atoms with Crippen molar-refractivity contribution in [3.05, 3.63) is 207 Å². The molecule has 3 heterocycles. The van der Waals surface area contributed by atoms with Gasteiger partial charge in [-0.15, -0.1) is 0 Å². The summed E-state index contributed by atoms with van der Waals surface area (Å²) < 4.78 is 14.8. The summed E-state index contributed by atoms with van der Waals surface area (Å²) in [5.41, 5.74) is 19.4. The van der Waals surface area contributed by atoms with Crippen LogP contribution in [0.15, 0.2) is 188 Å². The molecule has 0 spiro atoms. The maximum atomic E-state index is 6.16. The van der Waals surface area contributed by atoms with E-state index in [9.17, 15) is 0 Å². The quantitative estimate of drug-likeness (QED) is 0.0500. The first-order chi connectivity index (χ1) is 35.4. The van der Waals surface area contributed by atoms with Crippen molar-refractivity contribution in [2.45, 2.75) is 78.4 Å². The van der Waals surface area contributed by atoms with Crippen molar-refractivity contribution in [1.82, 2.24) is 15.0 Å². The van der Waals surface area contributed by atoms with E-state index in [1.165, 1.54) is 101 Å². The molecule has 0 fully saturated rings. The van der Waals surface area contributed by atoms with Crippen molar-refractivity contribution in [3.8, 4) is 89.5 Å². The molecule has 0 aliphatic carbocycles. The molecule has 0 bridgehead atoms. The maximum Gasteiger partial charge on any atom is 0.0894 e. The van der Waals surface area contributed by atoms with Crippen molar-refractivity contribution in [1.29, 1.82) is 0 Å². The van der Waals surface area contributed by atoms with Crippen LogP contribution in [0.4, 0.5) is 0 Å². The first-order valence-electron chi connectivity index (χ1n) is 25.5. The normalized spacial score (nSPS) is 11.3. The summed E-state index contributed by atoms with van der Waals surface area (Å²) in [5, 5.41) is 0. The number of unbranched alkanes of at least 4 members (excludes halogenated alkanes) is 6. The number of pyridine rings is 3. The van der Waals surface area contributed by atoms with E-state index in [2.05, 4.69) is 217 Å². The number of ether oxygens (including phenoxy) is 2. The Morgan fingerprint density at radius 1 is 0.333 bits per heavy atom. The van der Waals surface area contributed by atoms with Crippen LogP contribution in [0.3, 0.4) is 0 Å². The van der Waals surface area contributed by atoms with Crippen LogP contribution in [0.5, 0.6) is 0 Å². The Kier molecular flexibility index (Phi) is 18.2. The molecule has 6 aromatic carbocycles. The average molecular weight is 1170 g/mol. The van der Waals surface area contributed by atoms with Crippen molar-refractivity contribution in [2.75, 3.05) is 13.2 Å². The highest BCUT2D eigenvalue weighted by molar-refractivity contribution is 14.1. The van der Waals surface area contributed by atoms with Crippen molar-refractivity contribution >= 4 is 45.2 Å². The lowest BCUT2D eigenvalue weighted by molar-refractivity contribution is 0.117. The van der Waals surface area contributed by atoms with Gasteiger partial charge in [0.05, 0.1) is 36.0 Å². The van der Waals surface area contributed by atoms with Crippen LogP contribution in [0.1, 0.15) is 76.3 Å². The Labute approximate surface area is 453 Å². The molecule has 0 unspecified atom stereocenters. The molecule has 362 valence electrons. The Bertz CT molecular complexity index is 2930. The number of hydrogen-bond acceptors (Lipinski definition) is 5. The van der Waals surface area contributed by atoms with Gasteiger partial charge in [0.1, 0.15) is 0 Å². The molecule has 9 rings (SSSR count). The van der Waals surface area contributed by atoms with Gasteiger partial charge in [-0.25, -0.2) is 4.98 Å². The van der Waals surface area contributed by atoms with Crippen molar-refractivity contribution in [3.63, 3.8) is 0 Å². The van der Waals surface area contributed by atoms with Gasteiger partial charge in [0.15, 0.2) is 0 Å². The Morgan fingerprint density at radius 3 is 1.00 bits per heavy atom. The number of benzene rings is 6. The summed E-state index contributed by atoms with van der Waals surface area (Å²) in [6.07, 6.45) is 13.5. The van der Waals surface area contributed by atoms with Crippen molar-refractivity contribution < 1.29 is 9.47 Å². The number of rotatable bonds is 22. The van der Waals surface area contributed by atoms with Crippen LogP contribution in [0, 0.1) is 7.14 Å². The predicted molar refractivity (Wildman–Crippen MR) is 316 cm³/mol. The molecule has 7 heteroatoms. The average Bonchev–Trinajstić information content (AvgIpc) is 3.43. The molecule has 0 saturated heterocycles. The van der Waals surface area contributed by atoms with E-state index in [0.717, 1.165) is 71.1 Å². The maximum absolute atomic E-state index is 6.16. The SMILES string of the molecule is CCCCCCOCc1cc(-c2ccc(I)cc2)cc(-c2ccc(-c3ccc(-c4cccc(-c5ccc(-c6ccc(-c7cc(COCCCCCC)cc(-c8ccc(I)cc8)c7)cc6)cn5)n4)nc3)cc2)c1. The first kappa shape index (κ1) is 51.1. The third kappa shape index (κ3) is 13.8. The lowest BCUT2D eigenvalue weighted by atomic mass is 9.95. The molecule has 0 aliphatic rings. The van der Waals surface area contributed by atoms with Gasteiger partial charge in [0, 0.05) is 43.9 Å². The molecule has 0 atom stereocenters. The molecule has 9 aromatic rings. The van der Waals surface area contributed by atoms with Crippen LogP contribution in [-0.2, 0) is 22.7 Å². The molecule has 5 nitrogen and oxygen atoms in total. The molecule has 0 N–H and O–H groups in total. The molecule has 0 saturated carbocycles. The summed E-state index contributed by atoms with van der Waals surface area (Å²) >= 11 is 4.73. The van der Waals surface area contributed by atoms with Gasteiger partial charge < -0.3 is 9.47 Å². The Hall–Kier alpha value is -5.85. The fraction of sp³-hybridized carbons (Fsp3) is 0.215. The monoisotopic (exact) mass is 1170 g/mol. The zero-order valence-corrected chi connectivity index (χ0v) is 45.6. The van der Waals surface area contributed by atoms with Gasteiger partial charge in [-0.1, -0.05) is 143 Å². The van der Waals surface area contributed by atoms with Crippen LogP contribution in [0.2, 0.25) is 0 Å². The molecular formula is C65H61I2N3O2. The third-order valence-electron chi connectivity index (χ3n) is 13.1. The summed E-state index contributed by atoms with van der Waals surface area (Å²) in [6.45, 7) is 7.27. The van der Waals surface area contributed by atoms with E-state index in [-0.39, 0.29) is 0 Å². The van der Waals surface area contributed by atoms with Gasteiger partial charge in [-0.3, -0.25) is 9.97 Å². The smallest absolute Gasteiger partial charge is 0.0894 e. The fourth-order valence-corrected chi connectivity index (χ4v) is 9.73. The standard InChI is InChI=1S/C65H61I2N3O2/c1-3-5-7-9-34-71-44-46-36-56(40-58(38-46)52-22-28-60(66)29-23-52)50-18-14-48(15-19-50)54-26-32-62(68-42-54)64-12-11-13-65(70-64)63-33-27-55(43-69-63)49-16-20-51(21-17-49)57-37-47(45-72-35-10-8-6-4-2)39-59(41-57)53-24-30-61(67)31-25-53/h11-33,36-43H,3-10,34-35,44-45H2,1-2H3. The minimum absolute atomic E-state index is 0.604. The van der Waals surface area contributed by atoms with Crippen LogP contribution in [0.25, 0.3) is 89.5 Å². The molecule has 0 aliphatic heterocycles. The second-order valence-corrected chi connectivity index (χ2v) is 21.0. The van der Waals surface area contributed by atoms with E-state index < -0.39 is 0 Å². The lowest BCUT2D eigenvalue weighted by Gasteiger charge is -2.12. The second-order valence-electron chi connectivity index (χ2n) is 18.5. The first-order valence-corrected chi connectivity index (χ1v) is 27.6. The topological polar surface area (TPSA) is 57.1 Å². The summed E-state index contributed by atoms with van der Waals surface area (Å²) in [7, 11) is 0. The van der Waals surface area contributed by atoms with E-state index in [0.29, 0.717) is 13.2 Å². The molecule has 0 radical (unpaired) electrons. The summed E-state index contributed by atoms with van der Waals surface area (Å²) in [5.74, 6) is 0. The number of nitrogens with zero attached hydrogens (tertiary/aromatic N) is 3. The minimum Gasteiger partial charge on any atom is -0.377 e. The zero-order valence-electron chi connectivity index (χ0n) is 41.3. The highest BCUT2D eigenvalue weighted by atomic mass is 127. The largest absolute Gasteiger partial charge is 0.377 e. The van der Waals surface area contributed by atoms with E-state index in [4.69, 9.17) is 24.4 Å². The zero-order chi connectivity index (χ0) is 49.5. The van der Waals surface area contributed by atoms with Crippen LogP contribution < -0.4 is 0 Å².